The van der Waals surface area contributed by atoms with Crippen molar-refractivity contribution in [2.75, 3.05) is 11.9 Å². The fourth-order valence-corrected chi connectivity index (χ4v) is 2.78. The lowest BCUT2D eigenvalue weighted by Gasteiger charge is -2.07. The van der Waals surface area contributed by atoms with E-state index >= 15 is 0 Å². The van der Waals surface area contributed by atoms with Gasteiger partial charge in [0.2, 0.25) is 5.91 Å². The topological polar surface area (TPSA) is 72.7 Å². The molecule has 1 amide bonds. The number of benzene rings is 1. The number of hydrogen-bond acceptors (Lipinski definition) is 4. The number of nitrogens with zero attached hydrogens (tertiary/aromatic N) is 2. The summed E-state index contributed by atoms with van der Waals surface area (Å²) < 4.78 is 7.11. The molecule has 2 heterocycles. The van der Waals surface area contributed by atoms with Crippen LogP contribution in [0.5, 0.6) is 0 Å². The molecule has 0 unspecified atom stereocenters. The third-order valence-electron chi connectivity index (χ3n) is 4.18. The van der Waals surface area contributed by atoms with E-state index in [0.29, 0.717) is 23.6 Å². The van der Waals surface area contributed by atoms with E-state index in [1.54, 1.807) is 24.3 Å². The number of aromatic nitrogens is 2. The number of nitrogens with one attached hydrogen (secondary N) is 1. The van der Waals surface area contributed by atoms with E-state index in [9.17, 15) is 9.59 Å². The molecule has 0 spiro atoms. The Morgan fingerprint density at radius 1 is 1.22 bits per heavy atom. The first kappa shape index (κ1) is 18.6. The van der Waals surface area contributed by atoms with Crippen LogP contribution < -0.4 is 5.32 Å². The molecule has 1 N–H and O–H groups in total. The second kappa shape index (κ2) is 8.49. The standard InChI is InChI=1S/C21H23N3O3/c1-3-4-11-27-21(26)16-8-5-9-17(12-16)22-19(25)13-18-14-24-10-6-7-15(2)20(24)23-18/h5-10,12,14H,3-4,11,13H2,1-2H3,(H,22,25). The molecule has 1 aromatic carbocycles. The van der Waals surface area contributed by atoms with Crippen LogP contribution in [-0.4, -0.2) is 27.9 Å². The van der Waals surface area contributed by atoms with Gasteiger partial charge in [-0.25, -0.2) is 9.78 Å². The van der Waals surface area contributed by atoms with E-state index in [1.165, 1.54) is 0 Å². The van der Waals surface area contributed by atoms with Crippen molar-refractivity contribution in [2.45, 2.75) is 33.1 Å². The van der Waals surface area contributed by atoms with Gasteiger partial charge in [0.15, 0.2) is 0 Å². The number of hydrogen-bond donors (Lipinski definition) is 1. The number of ether oxygens (including phenoxy) is 1. The van der Waals surface area contributed by atoms with Crippen molar-refractivity contribution < 1.29 is 14.3 Å². The number of pyridine rings is 1. The highest BCUT2D eigenvalue weighted by Gasteiger charge is 2.11. The molecule has 6 nitrogen and oxygen atoms in total. The number of esters is 1. The van der Waals surface area contributed by atoms with E-state index in [2.05, 4.69) is 10.3 Å². The minimum absolute atomic E-state index is 0.159. The average molecular weight is 365 g/mol. The number of aryl methyl sites for hydroxylation is 1. The van der Waals surface area contributed by atoms with Gasteiger partial charge < -0.3 is 14.5 Å². The summed E-state index contributed by atoms with van der Waals surface area (Å²) in [5.41, 5.74) is 3.57. The molecule has 3 aromatic rings. The van der Waals surface area contributed by atoms with Crippen LogP contribution in [0, 0.1) is 6.92 Å². The van der Waals surface area contributed by atoms with Crippen LogP contribution in [-0.2, 0) is 16.0 Å². The first-order valence-corrected chi connectivity index (χ1v) is 9.07. The fourth-order valence-electron chi connectivity index (χ4n) is 2.78. The van der Waals surface area contributed by atoms with Crippen molar-refractivity contribution in [3.05, 3.63) is 65.6 Å². The summed E-state index contributed by atoms with van der Waals surface area (Å²) in [5.74, 6) is -0.567. The van der Waals surface area contributed by atoms with Crippen LogP contribution in [0.1, 0.15) is 41.4 Å². The predicted molar refractivity (Wildman–Crippen MR) is 104 cm³/mol. The number of anilines is 1. The van der Waals surface area contributed by atoms with Crippen LogP contribution >= 0.6 is 0 Å². The molecule has 0 saturated carbocycles. The second-order valence-corrected chi connectivity index (χ2v) is 6.45. The normalized spacial score (nSPS) is 10.7. The molecule has 27 heavy (non-hydrogen) atoms. The Balaban J connectivity index is 1.64. The molecule has 0 saturated heterocycles. The number of carbonyl (C=O) groups excluding carboxylic acids is 2. The molecule has 3 rings (SSSR count). The van der Waals surface area contributed by atoms with Crippen molar-refractivity contribution in [3.8, 4) is 0 Å². The molecular weight excluding hydrogens is 342 g/mol. The molecular formula is C21H23N3O3. The number of imidazole rings is 1. The zero-order valence-corrected chi connectivity index (χ0v) is 15.6. The van der Waals surface area contributed by atoms with E-state index in [1.807, 2.05) is 42.8 Å². The van der Waals surface area contributed by atoms with Crippen molar-refractivity contribution in [1.82, 2.24) is 9.38 Å². The van der Waals surface area contributed by atoms with Gasteiger partial charge in [-0.15, -0.1) is 0 Å². The van der Waals surface area contributed by atoms with Crippen molar-refractivity contribution >= 4 is 23.2 Å². The van der Waals surface area contributed by atoms with Gasteiger partial charge in [-0.2, -0.15) is 0 Å². The number of rotatable bonds is 7. The molecule has 0 bridgehead atoms. The van der Waals surface area contributed by atoms with E-state index in [4.69, 9.17) is 4.74 Å². The minimum Gasteiger partial charge on any atom is -0.462 e. The number of carbonyl (C=O) groups is 2. The molecule has 140 valence electrons. The van der Waals surface area contributed by atoms with Gasteiger partial charge in [0.05, 0.1) is 24.3 Å². The van der Waals surface area contributed by atoms with Crippen molar-refractivity contribution in [2.24, 2.45) is 0 Å². The summed E-state index contributed by atoms with van der Waals surface area (Å²) in [6.45, 7) is 4.42. The summed E-state index contributed by atoms with van der Waals surface area (Å²) in [5, 5.41) is 2.82. The van der Waals surface area contributed by atoms with Crippen LogP contribution in [0.15, 0.2) is 48.8 Å². The first-order chi connectivity index (χ1) is 13.1. The summed E-state index contributed by atoms with van der Waals surface area (Å²) in [6, 6.07) is 10.7. The Labute approximate surface area is 158 Å². The molecule has 0 radical (unpaired) electrons. The molecule has 0 aliphatic heterocycles. The molecule has 0 fully saturated rings. The smallest absolute Gasteiger partial charge is 0.338 e. The largest absolute Gasteiger partial charge is 0.462 e. The Hall–Kier alpha value is -3.15. The number of fused-ring (bicyclic) bond motifs is 1. The van der Waals surface area contributed by atoms with Gasteiger partial charge >= 0.3 is 5.97 Å². The Bertz CT molecular complexity index is 962. The van der Waals surface area contributed by atoms with Gasteiger partial charge in [-0.1, -0.05) is 25.5 Å². The maximum absolute atomic E-state index is 12.4. The van der Waals surface area contributed by atoms with Gasteiger partial charge in [0.1, 0.15) is 5.65 Å². The average Bonchev–Trinajstić information content (AvgIpc) is 3.05. The summed E-state index contributed by atoms with van der Waals surface area (Å²) in [6.07, 6.45) is 5.71. The number of unbranched alkanes of at least 4 members (excludes halogenated alkanes) is 1. The summed E-state index contributed by atoms with van der Waals surface area (Å²) in [4.78, 5) is 28.9. The van der Waals surface area contributed by atoms with Gasteiger partial charge in [-0.05, 0) is 43.2 Å². The summed E-state index contributed by atoms with van der Waals surface area (Å²) >= 11 is 0. The van der Waals surface area contributed by atoms with Crippen LogP contribution in [0.3, 0.4) is 0 Å². The van der Waals surface area contributed by atoms with Crippen LogP contribution in [0.4, 0.5) is 5.69 Å². The summed E-state index contributed by atoms with van der Waals surface area (Å²) in [7, 11) is 0. The zero-order chi connectivity index (χ0) is 19.2. The molecule has 6 heteroatoms. The van der Waals surface area contributed by atoms with Gasteiger partial charge in [0.25, 0.3) is 0 Å². The maximum atomic E-state index is 12.4. The first-order valence-electron chi connectivity index (χ1n) is 9.07. The third kappa shape index (κ3) is 4.73. The molecule has 0 aliphatic rings. The van der Waals surface area contributed by atoms with Crippen molar-refractivity contribution in [3.63, 3.8) is 0 Å². The van der Waals surface area contributed by atoms with Crippen LogP contribution in [0.25, 0.3) is 5.65 Å². The Morgan fingerprint density at radius 3 is 2.85 bits per heavy atom. The van der Waals surface area contributed by atoms with Gasteiger partial charge in [-0.3, -0.25) is 4.79 Å². The van der Waals surface area contributed by atoms with E-state index in [-0.39, 0.29) is 18.3 Å². The monoisotopic (exact) mass is 365 g/mol. The highest BCUT2D eigenvalue weighted by molar-refractivity contribution is 5.95. The van der Waals surface area contributed by atoms with Crippen LogP contribution in [0.2, 0.25) is 0 Å². The Morgan fingerprint density at radius 2 is 2.07 bits per heavy atom. The minimum atomic E-state index is -0.379. The predicted octanol–water partition coefficient (Wildman–Crippen LogP) is 3.78. The highest BCUT2D eigenvalue weighted by Crippen LogP contribution is 2.14. The lowest BCUT2D eigenvalue weighted by Crippen LogP contribution is -2.15. The third-order valence-corrected chi connectivity index (χ3v) is 4.18. The molecule has 0 aliphatic carbocycles. The van der Waals surface area contributed by atoms with Crippen molar-refractivity contribution in [1.29, 1.82) is 0 Å². The maximum Gasteiger partial charge on any atom is 0.338 e. The quantitative estimate of drug-likeness (QED) is 0.511. The fraction of sp³-hybridized carbons (Fsp3) is 0.286. The Kier molecular flexibility index (Phi) is 5.86. The SMILES string of the molecule is CCCCOC(=O)c1cccc(NC(=O)Cc2cn3cccc(C)c3n2)c1. The number of amides is 1. The zero-order valence-electron chi connectivity index (χ0n) is 15.6. The second-order valence-electron chi connectivity index (χ2n) is 6.45. The molecule has 0 atom stereocenters. The lowest BCUT2D eigenvalue weighted by atomic mass is 10.2. The molecule has 2 aromatic heterocycles. The lowest BCUT2D eigenvalue weighted by molar-refractivity contribution is -0.115. The van der Waals surface area contributed by atoms with E-state index < -0.39 is 0 Å². The van der Waals surface area contributed by atoms with E-state index in [0.717, 1.165) is 24.1 Å². The van der Waals surface area contributed by atoms with Gasteiger partial charge in [0, 0.05) is 18.1 Å². The highest BCUT2D eigenvalue weighted by atomic mass is 16.5.